The zero-order valence-corrected chi connectivity index (χ0v) is 11.2. The first-order chi connectivity index (χ1) is 9.17. The summed E-state index contributed by atoms with van der Waals surface area (Å²) in [5.41, 5.74) is 0.166. The van der Waals surface area contributed by atoms with Crippen molar-refractivity contribution in [3.8, 4) is 5.75 Å². The van der Waals surface area contributed by atoms with Gasteiger partial charge in [0.2, 0.25) is 5.91 Å². The molecule has 0 heterocycles. The third-order valence-electron chi connectivity index (χ3n) is 1.81. The number of hydrogen-bond acceptors (Lipinski definition) is 3. The smallest absolute Gasteiger partial charge is 0.478 e. The summed E-state index contributed by atoms with van der Waals surface area (Å²) in [4.78, 5) is 21.5. The monoisotopic (exact) mass is 353 g/mol. The fourth-order valence-corrected chi connectivity index (χ4v) is 1.57. The number of carbonyl (C=O) groups is 2. The first-order valence-corrected chi connectivity index (χ1v) is 5.74. The molecule has 1 amide bonds. The number of ether oxygens (including phenoxy) is 1. The van der Waals surface area contributed by atoms with Crippen LogP contribution in [-0.2, 0) is 9.59 Å². The van der Waals surface area contributed by atoms with Crippen molar-refractivity contribution in [3.05, 3.63) is 34.8 Å². The van der Waals surface area contributed by atoms with Gasteiger partial charge in [-0.3, -0.25) is 4.79 Å². The number of carboxylic acids is 1. The number of carbonyl (C=O) groups excluding carboxylic acids is 1. The molecule has 0 atom stereocenters. The Morgan fingerprint density at radius 3 is 2.45 bits per heavy atom. The van der Waals surface area contributed by atoms with Crippen LogP contribution in [-0.4, -0.2) is 23.3 Å². The highest BCUT2D eigenvalue weighted by Gasteiger charge is 2.31. The maximum absolute atomic E-state index is 12.0. The lowest BCUT2D eigenvalue weighted by Gasteiger charge is -2.11. The molecule has 0 aliphatic carbocycles. The molecular formula is C11H7BrF3NO4. The van der Waals surface area contributed by atoms with Gasteiger partial charge in [0.15, 0.2) is 0 Å². The van der Waals surface area contributed by atoms with E-state index in [0.29, 0.717) is 6.08 Å². The maximum Gasteiger partial charge on any atom is 0.573 e. The lowest BCUT2D eigenvalue weighted by Crippen LogP contribution is -2.17. The predicted octanol–water partition coefficient (Wildman–Crippen LogP) is 2.93. The van der Waals surface area contributed by atoms with Gasteiger partial charge in [0.25, 0.3) is 0 Å². The minimum absolute atomic E-state index is 0.149. The Labute approximate surface area is 119 Å². The molecule has 1 aromatic carbocycles. The van der Waals surface area contributed by atoms with Gasteiger partial charge in [-0.2, -0.15) is 0 Å². The van der Waals surface area contributed by atoms with Gasteiger partial charge < -0.3 is 15.2 Å². The van der Waals surface area contributed by atoms with Crippen LogP contribution in [0, 0.1) is 0 Å². The summed E-state index contributed by atoms with van der Waals surface area (Å²) in [7, 11) is 0. The van der Waals surface area contributed by atoms with Gasteiger partial charge in [0.05, 0.1) is 5.69 Å². The highest BCUT2D eigenvalue weighted by Crippen LogP contribution is 2.30. The molecule has 1 rings (SSSR count). The van der Waals surface area contributed by atoms with Gasteiger partial charge >= 0.3 is 12.3 Å². The van der Waals surface area contributed by atoms with E-state index < -0.39 is 24.0 Å². The SMILES string of the molecule is O=C(O)C=CC(=O)Nc1ccc(OC(F)(F)F)cc1Br. The topological polar surface area (TPSA) is 75.6 Å². The van der Waals surface area contributed by atoms with E-state index in [2.05, 4.69) is 26.0 Å². The van der Waals surface area contributed by atoms with Crippen LogP contribution in [0.2, 0.25) is 0 Å². The van der Waals surface area contributed by atoms with E-state index in [0.717, 1.165) is 18.2 Å². The van der Waals surface area contributed by atoms with Crippen molar-refractivity contribution in [2.45, 2.75) is 6.36 Å². The van der Waals surface area contributed by atoms with Gasteiger partial charge in [-0.05, 0) is 34.1 Å². The van der Waals surface area contributed by atoms with Crippen LogP contribution >= 0.6 is 15.9 Å². The Morgan fingerprint density at radius 2 is 1.95 bits per heavy atom. The van der Waals surface area contributed by atoms with E-state index in [4.69, 9.17) is 5.11 Å². The summed E-state index contributed by atoms with van der Waals surface area (Å²) in [6.45, 7) is 0. The van der Waals surface area contributed by atoms with Gasteiger partial charge in [-0.15, -0.1) is 13.2 Å². The largest absolute Gasteiger partial charge is 0.573 e. The van der Waals surface area contributed by atoms with Crippen LogP contribution in [0.15, 0.2) is 34.8 Å². The summed E-state index contributed by atoms with van der Waals surface area (Å²) in [5.74, 6) is -2.49. The van der Waals surface area contributed by atoms with Crippen LogP contribution in [0.5, 0.6) is 5.75 Å². The number of alkyl halides is 3. The molecular weight excluding hydrogens is 347 g/mol. The standard InChI is InChI=1S/C11H7BrF3NO4/c12-7-5-6(20-11(13,14)15)1-2-8(7)16-9(17)3-4-10(18)19/h1-5H,(H,16,17)(H,18,19). The Morgan fingerprint density at radius 1 is 1.30 bits per heavy atom. The lowest BCUT2D eigenvalue weighted by molar-refractivity contribution is -0.274. The molecule has 1 aromatic rings. The molecule has 9 heteroatoms. The molecule has 0 saturated heterocycles. The number of aliphatic carboxylic acids is 1. The highest BCUT2D eigenvalue weighted by molar-refractivity contribution is 9.10. The molecule has 0 spiro atoms. The first-order valence-electron chi connectivity index (χ1n) is 4.94. The van der Waals surface area contributed by atoms with Gasteiger partial charge in [-0.1, -0.05) is 0 Å². The highest BCUT2D eigenvalue weighted by atomic mass is 79.9. The van der Waals surface area contributed by atoms with Gasteiger partial charge in [-0.25, -0.2) is 4.79 Å². The molecule has 5 nitrogen and oxygen atoms in total. The molecule has 0 aromatic heterocycles. The van der Waals surface area contributed by atoms with Gasteiger partial charge in [0.1, 0.15) is 5.75 Å². The second kappa shape index (κ2) is 6.42. The quantitative estimate of drug-likeness (QED) is 0.816. The Balaban J connectivity index is 2.78. The van der Waals surface area contributed by atoms with Crippen molar-refractivity contribution < 1.29 is 32.6 Å². The second-order valence-corrected chi connectivity index (χ2v) is 4.20. The maximum atomic E-state index is 12.0. The summed E-state index contributed by atoms with van der Waals surface area (Å²) < 4.78 is 39.8. The van der Waals surface area contributed by atoms with Crippen LogP contribution < -0.4 is 10.1 Å². The van der Waals surface area contributed by atoms with Gasteiger partial charge in [0, 0.05) is 16.6 Å². The van der Waals surface area contributed by atoms with Crippen LogP contribution in [0.1, 0.15) is 0 Å². The minimum Gasteiger partial charge on any atom is -0.478 e. The number of hydrogen-bond donors (Lipinski definition) is 2. The van der Waals surface area contributed by atoms with Crippen molar-refractivity contribution in [3.63, 3.8) is 0 Å². The van der Waals surface area contributed by atoms with E-state index in [-0.39, 0.29) is 10.2 Å². The number of nitrogens with one attached hydrogen (secondary N) is 1. The van der Waals surface area contributed by atoms with E-state index >= 15 is 0 Å². The third kappa shape index (κ3) is 5.74. The average Bonchev–Trinajstić information content (AvgIpc) is 2.28. The molecule has 0 unspecified atom stereocenters. The van der Waals surface area contributed by atoms with Crippen molar-refractivity contribution in [2.75, 3.05) is 5.32 Å². The fraction of sp³-hybridized carbons (Fsp3) is 0.0909. The van der Waals surface area contributed by atoms with E-state index in [1.54, 1.807) is 0 Å². The minimum atomic E-state index is -4.81. The number of halogens is 4. The third-order valence-corrected chi connectivity index (χ3v) is 2.47. The molecule has 2 N–H and O–H groups in total. The van der Waals surface area contributed by atoms with E-state index in [9.17, 15) is 22.8 Å². The van der Waals surface area contributed by atoms with Crippen molar-refractivity contribution in [1.29, 1.82) is 0 Å². The Hall–Kier alpha value is -2.03. The molecule has 0 saturated carbocycles. The number of amides is 1. The van der Waals surface area contributed by atoms with E-state index in [1.165, 1.54) is 6.07 Å². The molecule has 0 aliphatic rings. The normalized spacial score (nSPS) is 11.4. The number of benzene rings is 1. The number of anilines is 1. The predicted molar refractivity (Wildman–Crippen MR) is 66.2 cm³/mol. The van der Waals surface area contributed by atoms with Crippen LogP contribution in [0.4, 0.5) is 18.9 Å². The van der Waals surface area contributed by atoms with Crippen molar-refractivity contribution in [2.24, 2.45) is 0 Å². The molecule has 0 fully saturated rings. The average molecular weight is 354 g/mol. The first kappa shape index (κ1) is 16.0. The summed E-state index contributed by atoms with van der Waals surface area (Å²) in [6, 6.07) is 3.20. The lowest BCUT2D eigenvalue weighted by atomic mass is 10.3. The Bertz CT molecular complexity index is 557. The summed E-state index contributed by atoms with van der Waals surface area (Å²) in [6.07, 6.45) is -3.41. The summed E-state index contributed by atoms with van der Waals surface area (Å²) in [5, 5.41) is 10.6. The zero-order chi connectivity index (χ0) is 15.3. The summed E-state index contributed by atoms with van der Waals surface area (Å²) >= 11 is 2.96. The van der Waals surface area contributed by atoms with Crippen LogP contribution in [0.3, 0.4) is 0 Å². The second-order valence-electron chi connectivity index (χ2n) is 3.35. The number of rotatable bonds is 4. The molecule has 0 bridgehead atoms. The van der Waals surface area contributed by atoms with Crippen LogP contribution in [0.25, 0.3) is 0 Å². The number of carboxylic acid groups (broad SMARTS) is 1. The molecule has 108 valence electrons. The Kier molecular flexibility index (Phi) is 5.14. The van der Waals surface area contributed by atoms with Crippen molar-refractivity contribution >= 4 is 33.5 Å². The molecule has 0 radical (unpaired) electrons. The fourth-order valence-electron chi connectivity index (χ4n) is 1.12. The zero-order valence-electron chi connectivity index (χ0n) is 9.57. The van der Waals surface area contributed by atoms with Crippen molar-refractivity contribution in [1.82, 2.24) is 0 Å². The van der Waals surface area contributed by atoms with E-state index in [1.807, 2.05) is 0 Å². The molecule has 0 aliphatic heterocycles. The molecule has 20 heavy (non-hydrogen) atoms.